The van der Waals surface area contributed by atoms with Gasteiger partial charge >= 0.3 is 0 Å². The highest BCUT2D eigenvalue weighted by atomic mass is 79.9. The van der Waals surface area contributed by atoms with E-state index in [4.69, 9.17) is 4.98 Å². The summed E-state index contributed by atoms with van der Waals surface area (Å²) in [5.41, 5.74) is 3.01. The molecule has 0 aliphatic carbocycles. The fourth-order valence-corrected chi connectivity index (χ4v) is 5.37. The summed E-state index contributed by atoms with van der Waals surface area (Å²) in [7, 11) is 0. The Balaban J connectivity index is 1.62. The van der Waals surface area contributed by atoms with Gasteiger partial charge in [-0.15, -0.1) is 11.8 Å². The molecule has 6 heteroatoms. The highest BCUT2D eigenvalue weighted by molar-refractivity contribution is 9.10. The van der Waals surface area contributed by atoms with E-state index in [9.17, 15) is 4.79 Å². The van der Waals surface area contributed by atoms with Crippen LogP contribution in [0.15, 0.2) is 82.2 Å². The van der Waals surface area contributed by atoms with E-state index < -0.39 is 0 Å². The molecule has 1 aromatic heterocycles. The summed E-state index contributed by atoms with van der Waals surface area (Å²) >= 11 is 6.87. The second kappa shape index (κ2) is 9.77. The quantitative estimate of drug-likeness (QED) is 0.259. The molecule has 0 saturated carbocycles. The molecule has 0 aliphatic rings. The van der Waals surface area contributed by atoms with Crippen LogP contribution < -0.4 is 4.90 Å². The zero-order valence-electron chi connectivity index (χ0n) is 16.5. The Morgan fingerprint density at radius 1 is 1.03 bits per heavy atom. The Morgan fingerprint density at radius 3 is 2.53 bits per heavy atom. The molecule has 0 fully saturated rings. The predicted molar refractivity (Wildman–Crippen MR) is 131 cm³/mol. The Morgan fingerprint density at radius 2 is 1.80 bits per heavy atom. The molecule has 0 spiro atoms. The van der Waals surface area contributed by atoms with Crippen molar-refractivity contribution >= 4 is 60.3 Å². The maximum absolute atomic E-state index is 13.3. The number of aromatic nitrogens is 1. The average Bonchev–Trinajstić information content (AvgIpc) is 3.17. The number of fused-ring (bicyclic) bond motifs is 1. The van der Waals surface area contributed by atoms with Gasteiger partial charge in [0.1, 0.15) is 0 Å². The van der Waals surface area contributed by atoms with Gasteiger partial charge in [-0.2, -0.15) is 0 Å². The fourth-order valence-electron chi connectivity index (χ4n) is 3.17. The van der Waals surface area contributed by atoms with Crippen LogP contribution in [0.4, 0.5) is 5.13 Å². The lowest BCUT2D eigenvalue weighted by Crippen LogP contribution is -2.31. The minimum atomic E-state index is 0.0490. The smallest absolute Gasteiger partial charge is 0.233 e. The zero-order valence-corrected chi connectivity index (χ0v) is 19.8. The Hall–Kier alpha value is -2.15. The molecular weight excluding hydrogens is 476 g/mol. The normalized spacial score (nSPS) is 11.0. The minimum absolute atomic E-state index is 0.0490. The van der Waals surface area contributed by atoms with Gasteiger partial charge in [-0.25, -0.2) is 4.98 Å². The number of anilines is 1. The molecule has 0 aliphatic heterocycles. The van der Waals surface area contributed by atoms with Gasteiger partial charge < -0.3 is 0 Å². The second-order valence-electron chi connectivity index (χ2n) is 6.83. The standard InChI is InChI=1S/C24H21BrN2OS2/c1-2-29-20-11-8-17(9-12-20)14-23(28)27(16-18-6-4-3-5-7-18)24-26-21-13-10-19(25)15-22(21)30-24/h3-13,15H,2,14,16H2,1H3. The maximum Gasteiger partial charge on any atom is 0.233 e. The lowest BCUT2D eigenvalue weighted by Gasteiger charge is -2.20. The van der Waals surface area contributed by atoms with Crippen LogP contribution in [-0.4, -0.2) is 16.6 Å². The molecule has 4 rings (SSSR count). The van der Waals surface area contributed by atoms with E-state index in [0.29, 0.717) is 13.0 Å². The first-order valence-electron chi connectivity index (χ1n) is 9.74. The lowest BCUT2D eigenvalue weighted by molar-refractivity contribution is -0.118. The van der Waals surface area contributed by atoms with E-state index >= 15 is 0 Å². The first-order valence-corrected chi connectivity index (χ1v) is 12.3. The monoisotopic (exact) mass is 496 g/mol. The number of halogens is 1. The number of carbonyl (C=O) groups is 1. The van der Waals surface area contributed by atoms with Crippen LogP contribution in [0.25, 0.3) is 10.2 Å². The molecule has 152 valence electrons. The molecule has 0 saturated heterocycles. The fraction of sp³-hybridized carbons (Fsp3) is 0.167. The van der Waals surface area contributed by atoms with Gasteiger partial charge in [-0.05, 0) is 47.2 Å². The number of hydrogen-bond acceptors (Lipinski definition) is 4. The van der Waals surface area contributed by atoms with Crippen LogP contribution in [0.1, 0.15) is 18.1 Å². The van der Waals surface area contributed by atoms with Crippen molar-refractivity contribution in [2.24, 2.45) is 0 Å². The Bertz CT molecular complexity index is 1140. The van der Waals surface area contributed by atoms with Gasteiger partial charge in [0.25, 0.3) is 0 Å². The number of thiazole rings is 1. The average molecular weight is 497 g/mol. The SMILES string of the molecule is CCSc1ccc(CC(=O)N(Cc2ccccc2)c2nc3ccc(Br)cc3s2)cc1. The van der Waals surface area contributed by atoms with Crippen LogP contribution >= 0.6 is 39.0 Å². The first-order chi connectivity index (χ1) is 14.6. The van der Waals surface area contributed by atoms with Crippen LogP contribution in [0, 0.1) is 0 Å². The molecule has 3 aromatic carbocycles. The summed E-state index contributed by atoms with van der Waals surface area (Å²) in [6.45, 7) is 2.64. The summed E-state index contributed by atoms with van der Waals surface area (Å²) in [6.07, 6.45) is 0.351. The van der Waals surface area contributed by atoms with Crippen molar-refractivity contribution in [2.75, 3.05) is 10.7 Å². The number of rotatable bonds is 7. The molecule has 0 bridgehead atoms. The second-order valence-corrected chi connectivity index (χ2v) is 10.1. The minimum Gasteiger partial charge on any atom is -0.283 e. The van der Waals surface area contributed by atoms with Crippen LogP contribution in [-0.2, 0) is 17.8 Å². The first kappa shape index (κ1) is 21.1. The number of thioether (sulfide) groups is 1. The summed E-state index contributed by atoms with van der Waals surface area (Å²) < 4.78 is 2.07. The summed E-state index contributed by atoms with van der Waals surface area (Å²) in [5, 5.41) is 0.732. The predicted octanol–water partition coefficient (Wildman–Crippen LogP) is 6.95. The molecular formula is C24H21BrN2OS2. The van der Waals surface area contributed by atoms with Crippen molar-refractivity contribution in [3.8, 4) is 0 Å². The van der Waals surface area contributed by atoms with Gasteiger partial charge in [-0.3, -0.25) is 9.69 Å². The van der Waals surface area contributed by atoms with E-state index in [1.54, 1.807) is 23.1 Å². The number of amides is 1. The third kappa shape index (κ3) is 5.12. The molecule has 1 heterocycles. The molecule has 0 N–H and O–H groups in total. The lowest BCUT2D eigenvalue weighted by atomic mass is 10.1. The van der Waals surface area contributed by atoms with Crippen molar-refractivity contribution in [2.45, 2.75) is 24.8 Å². The van der Waals surface area contributed by atoms with E-state index in [1.165, 1.54) is 4.90 Å². The van der Waals surface area contributed by atoms with Crippen molar-refractivity contribution in [1.82, 2.24) is 4.98 Å². The van der Waals surface area contributed by atoms with Crippen LogP contribution in [0.2, 0.25) is 0 Å². The van der Waals surface area contributed by atoms with Gasteiger partial charge in [0.2, 0.25) is 5.91 Å². The summed E-state index contributed by atoms with van der Waals surface area (Å²) in [6, 6.07) is 24.3. The number of hydrogen-bond donors (Lipinski definition) is 0. The highest BCUT2D eigenvalue weighted by Gasteiger charge is 2.20. The van der Waals surface area contributed by atoms with Gasteiger partial charge in [0.05, 0.1) is 23.2 Å². The third-order valence-corrected chi connectivity index (χ3v) is 7.07. The van der Waals surface area contributed by atoms with Gasteiger partial charge in [0.15, 0.2) is 5.13 Å². The van der Waals surface area contributed by atoms with E-state index in [0.717, 1.165) is 36.7 Å². The Kier molecular flexibility index (Phi) is 6.87. The summed E-state index contributed by atoms with van der Waals surface area (Å²) in [5.74, 6) is 1.09. The molecule has 0 atom stereocenters. The number of nitrogens with zero attached hydrogens (tertiary/aromatic N) is 2. The summed E-state index contributed by atoms with van der Waals surface area (Å²) in [4.78, 5) is 21.1. The molecule has 0 radical (unpaired) electrons. The molecule has 30 heavy (non-hydrogen) atoms. The highest BCUT2D eigenvalue weighted by Crippen LogP contribution is 2.32. The number of benzene rings is 3. The Labute approximate surface area is 193 Å². The van der Waals surface area contributed by atoms with Crippen LogP contribution in [0.3, 0.4) is 0 Å². The number of carbonyl (C=O) groups excluding carboxylic acids is 1. The van der Waals surface area contributed by atoms with Gasteiger partial charge in [0, 0.05) is 9.37 Å². The largest absolute Gasteiger partial charge is 0.283 e. The third-order valence-electron chi connectivity index (χ3n) is 4.64. The molecule has 4 aromatic rings. The molecule has 0 unspecified atom stereocenters. The van der Waals surface area contributed by atoms with Crippen molar-refractivity contribution in [1.29, 1.82) is 0 Å². The van der Waals surface area contributed by atoms with E-state index in [2.05, 4.69) is 35.0 Å². The van der Waals surface area contributed by atoms with Crippen molar-refractivity contribution in [3.05, 3.63) is 88.4 Å². The van der Waals surface area contributed by atoms with Crippen molar-refractivity contribution in [3.63, 3.8) is 0 Å². The van der Waals surface area contributed by atoms with Gasteiger partial charge in [-0.1, -0.05) is 76.7 Å². The van der Waals surface area contributed by atoms with E-state index in [-0.39, 0.29) is 5.91 Å². The van der Waals surface area contributed by atoms with E-state index in [1.807, 2.05) is 65.6 Å². The maximum atomic E-state index is 13.3. The molecule has 3 nitrogen and oxygen atoms in total. The van der Waals surface area contributed by atoms with Crippen LogP contribution in [0.5, 0.6) is 0 Å². The topological polar surface area (TPSA) is 33.2 Å². The zero-order chi connectivity index (χ0) is 20.9. The van der Waals surface area contributed by atoms with Crippen molar-refractivity contribution < 1.29 is 4.79 Å². The molecule has 1 amide bonds.